The molecule has 0 aliphatic carbocycles. The average molecular weight is 320 g/mol. The highest BCUT2D eigenvalue weighted by Gasteiger charge is 1.99. The second-order valence-electron chi connectivity index (χ2n) is 5.10. The molecule has 0 spiro atoms. The van der Waals surface area contributed by atoms with Gasteiger partial charge in [0.05, 0.1) is 13.2 Å². The van der Waals surface area contributed by atoms with Gasteiger partial charge in [-0.25, -0.2) is 0 Å². The van der Waals surface area contributed by atoms with Crippen molar-refractivity contribution in [1.29, 1.82) is 0 Å². The van der Waals surface area contributed by atoms with Crippen LogP contribution < -0.4 is 4.74 Å². The van der Waals surface area contributed by atoms with E-state index in [1.807, 2.05) is 54.6 Å². The van der Waals surface area contributed by atoms with E-state index in [1.165, 1.54) is 0 Å². The highest BCUT2D eigenvalue weighted by molar-refractivity contribution is 5.93. The van der Waals surface area contributed by atoms with Crippen LogP contribution in [0.2, 0.25) is 0 Å². The Hall–Kier alpha value is -2.83. The summed E-state index contributed by atoms with van der Waals surface area (Å²) < 4.78 is 11.0. The fourth-order valence-electron chi connectivity index (χ4n) is 1.98. The van der Waals surface area contributed by atoms with Gasteiger partial charge < -0.3 is 9.47 Å². The summed E-state index contributed by atoms with van der Waals surface area (Å²) in [6, 6.07) is 17.2. The van der Waals surface area contributed by atoms with Gasteiger partial charge in [0, 0.05) is 12.8 Å². The molecule has 0 aliphatic rings. The van der Waals surface area contributed by atoms with E-state index < -0.39 is 0 Å². The van der Waals surface area contributed by atoms with Gasteiger partial charge >= 0.3 is 0 Å². The zero-order valence-corrected chi connectivity index (χ0v) is 13.5. The van der Waals surface area contributed by atoms with E-state index in [1.54, 1.807) is 12.2 Å². The summed E-state index contributed by atoms with van der Waals surface area (Å²) in [5, 5.41) is 0. The Labute approximate surface area is 142 Å². The third-order valence-electron chi connectivity index (χ3n) is 3.18. The molecule has 0 aromatic heterocycles. The monoisotopic (exact) mass is 320 g/mol. The molecule has 3 heteroatoms. The molecule has 0 radical (unpaired) electrons. The molecule has 2 aromatic carbocycles. The summed E-state index contributed by atoms with van der Waals surface area (Å²) in [6.07, 6.45) is 9.38. The van der Waals surface area contributed by atoms with Crippen LogP contribution in [0.15, 0.2) is 60.7 Å². The summed E-state index contributed by atoms with van der Waals surface area (Å²) in [7, 11) is 0. The lowest BCUT2D eigenvalue weighted by atomic mass is 10.1. The van der Waals surface area contributed by atoms with Crippen LogP contribution in [0.1, 0.15) is 18.4 Å². The zero-order chi connectivity index (χ0) is 17.0. The number of para-hydroxylation sites is 1. The van der Waals surface area contributed by atoms with E-state index in [4.69, 9.17) is 15.9 Å². The third kappa shape index (κ3) is 6.51. The maximum atomic E-state index is 11.8. The van der Waals surface area contributed by atoms with Crippen LogP contribution in [-0.2, 0) is 9.53 Å². The first-order chi connectivity index (χ1) is 11.8. The molecule has 0 heterocycles. The number of rotatable bonds is 9. The molecule has 0 saturated carbocycles. The van der Waals surface area contributed by atoms with E-state index in [0.717, 1.165) is 17.1 Å². The van der Waals surface area contributed by atoms with E-state index in [2.05, 4.69) is 5.92 Å². The summed E-state index contributed by atoms with van der Waals surface area (Å²) in [6.45, 7) is 0.883. The minimum absolute atomic E-state index is 0.0186. The standard InChI is InChI=1S/C21H20O3/c1-2-3-15-23-16-14-19(22)13-12-18-8-7-11-21(17-18)24-20-9-5-4-6-10-20/h1,4-13,17H,3,14-16H2/b13-12+. The van der Waals surface area contributed by atoms with Gasteiger partial charge in [-0.1, -0.05) is 36.4 Å². The Morgan fingerprint density at radius 2 is 1.83 bits per heavy atom. The van der Waals surface area contributed by atoms with Crippen LogP contribution in [0, 0.1) is 12.3 Å². The SMILES string of the molecule is C#CCCOCCC(=O)/C=C/c1cccc(Oc2ccccc2)c1. The summed E-state index contributed by atoms with van der Waals surface area (Å²) in [5.41, 5.74) is 0.907. The van der Waals surface area contributed by atoms with Gasteiger partial charge in [-0.2, -0.15) is 0 Å². The third-order valence-corrected chi connectivity index (χ3v) is 3.18. The molecule has 0 amide bonds. The Morgan fingerprint density at radius 1 is 1.04 bits per heavy atom. The Morgan fingerprint density at radius 3 is 2.62 bits per heavy atom. The van der Waals surface area contributed by atoms with Crippen LogP contribution in [0.5, 0.6) is 11.5 Å². The summed E-state index contributed by atoms with van der Waals surface area (Å²) >= 11 is 0. The molecule has 0 fully saturated rings. The number of terminal acetylenes is 1. The number of benzene rings is 2. The van der Waals surface area contributed by atoms with Crippen molar-refractivity contribution in [3.05, 3.63) is 66.2 Å². The van der Waals surface area contributed by atoms with Gasteiger partial charge in [0.15, 0.2) is 5.78 Å². The largest absolute Gasteiger partial charge is 0.457 e. The van der Waals surface area contributed by atoms with Crippen LogP contribution in [0.25, 0.3) is 6.08 Å². The lowest BCUT2D eigenvalue weighted by Gasteiger charge is -2.05. The fourth-order valence-corrected chi connectivity index (χ4v) is 1.98. The predicted octanol–water partition coefficient (Wildman–Crippen LogP) is 4.49. The maximum absolute atomic E-state index is 11.8. The van der Waals surface area contributed by atoms with Crippen LogP contribution in [0.4, 0.5) is 0 Å². The van der Waals surface area contributed by atoms with Crippen molar-refractivity contribution in [1.82, 2.24) is 0 Å². The Balaban J connectivity index is 1.85. The summed E-state index contributed by atoms with van der Waals surface area (Å²) in [5.74, 6) is 4.01. The number of ether oxygens (including phenoxy) is 2. The molecule has 0 N–H and O–H groups in total. The number of hydrogen-bond acceptors (Lipinski definition) is 3. The number of carbonyl (C=O) groups excluding carboxylic acids is 1. The lowest BCUT2D eigenvalue weighted by molar-refractivity contribution is -0.115. The highest BCUT2D eigenvalue weighted by Crippen LogP contribution is 2.22. The number of hydrogen-bond donors (Lipinski definition) is 0. The molecule has 0 saturated heterocycles. The smallest absolute Gasteiger partial charge is 0.158 e. The van der Waals surface area contributed by atoms with E-state index in [9.17, 15) is 4.79 Å². The second kappa shape index (κ2) is 10.0. The number of ketones is 1. The zero-order valence-electron chi connectivity index (χ0n) is 13.5. The number of carbonyl (C=O) groups is 1. The van der Waals surface area contributed by atoms with E-state index in [-0.39, 0.29) is 5.78 Å². The van der Waals surface area contributed by atoms with Gasteiger partial charge in [-0.05, 0) is 35.9 Å². The maximum Gasteiger partial charge on any atom is 0.158 e. The first-order valence-electron chi connectivity index (χ1n) is 7.83. The molecule has 0 atom stereocenters. The molecule has 0 unspecified atom stereocenters. The minimum atomic E-state index is 0.0186. The average Bonchev–Trinajstić information content (AvgIpc) is 2.61. The quantitative estimate of drug-likeness (QED) is 0.388. The van der Waals surface area contributed by atoms with Crippen molar-refractivity contribution >= 4 is 11.9 Å². The fraction of sp³-hybridized carbons (Fsp3) is 0.190. The first-order valence-corrected chi connectivity index (χ1v) is 7.83. The summed E-state index contributed by atoms with van der Waals surface area (Å²) in [4.78, 5) is 11.8. The molecule has 0 bridgehead atoms. The van der Waals surface area contributed by atoms with Crippen molar-refractivity contribution in [3.8, 4) is 23.8 Å². The minimum Gasteiger partial charge on any atom is -0.457 e. The van der Waals surface area contributed by atoms with Crippen molar-refractivity contribution in [2.45, 2.75) is 12.8 Å². The number of allylic oxidation sites excluding steroid dienone is 1. The predicted molar refractivity (Wildman–Crippen MR) is 95.9 cm³/mol. The molecule has 2 aromatic rings. The van der Waals surface area contributed by atoms with Gasteiger partial charge in [0.25, 0.3) is 0 Å². The Kier molecular flexibility index (Phi) is 7.33. The Bertz CT molecular complexity index is 711. The van der Waals surface area contributed by atoms with Gasteiger partial charge in [-0.15, -0.1) is 12.3 Å². The molecule has 3 nitrogen and oxygen atoms in total. The lowest BCUT2D eigenvalue weighted by Crippen LogP contribution is -2.02. The molecular formula is C21H20O3. The van der Waals surface area contributed by atoms with Crippen LogP contribution in [0.3, 0.4) is 0 Å². The second-order valence-corrected chi connectivity index (χ2v) is 5.10. The van der Waals surface area contributed by atoms with Gasteiger partial charge in [-0.3, -0.25) is 4.79 Å². The first kappa shape index (κ1) is 17.5. The van der Waals surface area contributed by atoms with Crippen molar-refractivity contribution in [3.63, 3.8) is 0 Å². The van der Waals surface area contributed by atoms with Crippen molar-refractivity contribution in [2.75, 3.05) is 13.2 Å². The molecule has 122 valence electrons. The van der Waals surface area contributed by atoms with Crippen molar-refractivity contribution in [2.24, 2.45) is 0 Å². The van der Waals surface area contributed by atoms with Crippen molar-refractivity contribution < 1.29 is 14.3 Å². The van der Waals surface area contributed by atoms with E-state index in [0.29, 0.717) is 26.1 Å². The molecule has 24 heavy (non-hydrogen) atoms. The highest BCUT2D eigenvalue weighted by atomic mass is 16.5. The molecule has 2 rings (SSSR count). The van der Waals surface area contributed by atoms with Crippen LogP contribution >= 0.6 is 0 Å². The normalized spacial score (nSPS) is 10.5. The topological polar surface area (TPSA) is 35.5 Å². The van der Waals surface area contributed by atoms with Gasteiger partial charge in [0.2, 0.25) is 0 Å². The van der Waals surface area contributed by atoms with Crippen LogP contribution in [-0.4, -0.2) is 19.0 Å². The van der Waals surface area contributed by atoms with Gasteiger partial charge in [0.1, 0.15) is 11.5 Å². The van der Waals surface area contributed by atoms with E-state index >= 15 is 0 Å². The molecular weight excluding hydrogens is 300 g/mol. The molecule has 0 aliphatic heterocycles.